The van der Waals surface area contributed by atoms with Crippen LogP contribution in [0, 0.1) is 6.92 Å². The van der Waals surface area contributed by atoms with Crippen molar-refractivity contribution in [2.45, 2.75) is 65.3 Å². The average molecular weight is 248 g/mol. The van der Waals surface area contributed by atoms with E-state index in [4.69, 9.17) is 0 Å². The minimum Gasteiger partial charge on any atom is -0.314 e. The molecule has 1 N–H and O–H groups in total. The summed E-state index contributed by atoms with van der Waals surface area (Å²) in [5.41, 5.74) is 2.56. The Bertz CT molecular complexity index is 323. The molecule has 1 unspecified atom stereocenters. The third-order valence-corrected chi connectivity index (χ3v) is 3.46. The molecular formula is C16H28N2. The van der Waals surface area contributed by atoms with Crippen LogP contribution in [-0.2, 0) is 6.42 Å². The molecule has 2 heteroatoms. The van der Waals surface area contributed by atoms with Gasteiger partial charge in [-0.25, -0.2) is 0 Å². The number of pyridine rings is 1. The highest BCUT2D eigenvalue weighted by molar-refractivity contribution is 5.18. The highest BCUT2D eigenvalue weighted by Gasteiger charge is 2.10. The molecule has 0 aliphatic rings. The SMILES string of the molecule is CCCCCCC(Cc1ncccc1C)NCC. The lowest BCUT2D eigenvalue weighted by Crippen LogP contribution is -2.31. The first-order valence-corrected chi connectivity index (χ1v) is 7.41. The highest BCUT2D eigenvalue weighted by atomic mass is 14.9. The largest absolute Gasteiger partial charge is 0.314 e. The molecule has 102 valence electrons. The lowest BCUT2D eigenvalue weighted by atomic mass is 10.0. The molecule has 0 fully saturated rings. The maximum absolute atomic E-state index is 4.50. The van der Waals surface area contributed by atoms with E-state index in [1.807, 2.05) is 12.3 Å². The number of aryl methyl sites for hydroxylation is 1. The molecular weight excluding hydrogens is 220 g/mol. The van der Waals surface area contributed by atoms with Gasteiger partial charge in [-0.15, -0.1) is 0 Å². The Hall–Kier alpha value is -0.890. The van der Waals surface area contributed by atoms with E-state index in [2.05, 4.69) is 37.1 Å². The minimum atomic E-state index is 0.584. The predicted octanol–water partition coefficient (Wildman–Crippen LogP) is 3.88. The van der Waals surface area contributed by atoms with E-state index in [0.717, 1.165) is 13.0 Å². The van der Waals surface area contributed by atoms with Gasteiger partial charge in [0.2, 0.25) is 0 Å². The molecule has 0 spiro atoms. The molecule has 0 saturated heterocycles. The van der Waals surface area contributed by atoms with Gasteiger partial charge >= 0.3 is 0 Å². The zero-order valence-electron chi connectivity index (χ0n) is 12.2. The lowest BCUT2D eigenvalue weighted by molar-refractivity contribution is 0.459. The van der Waals surface area contributed by atoms with Crippen LogP contribution in [0.25, 0.3) is 0 Å². The third kappa shape index (κ3) is 5.63. The first kappa shape index (κ1) is 15.2. The van der Waals surface area contributed by atoms with Crippen molar-refractivity contribution in [2.75, 3.05) is 6.54 Å². The van der Waals surface area contributed by atoms with Crippen LogP contribution in [0.5, 0.6) is 0 Å². The van der Waals surface area contributed by atoms with Gasteiger partial charge in [0.1, 0.15) is 0 Å². The molecule has 1 aromatic heterocycles. The number of unbranched alkanes of at least 4 members (excludes halogenated alkanes) is 3. The molecule has 0 aliphatic heterocycles. The first-order valence-electron chi connectivity index (χ1n) is 7.41. The summed E-state index contributed by atoms with van der Waals surface area (Å²) in [5.74, 6) is 0. The predicted molar refractivity (Wildman–Crippen MR) is 78.9 cm³/mol. The van der Waals surface area contributed by atoms with Crippen molar-refractivity contribution in [3.05, 3.63) is 29.6 Å². The van der Waals surface area contributed by atoms with Crippen molar-refractivity contribution >= 4 is 0 Å². The van der Waals surface area contributed by atoms with E-state index in [-0.39, 0.29) is 0 Å². The van der Waals surface area contributed by atoms with Gasteiger partial charge in [0.05, 0.1) is 0 Å². The van der Waals surface area contributed by atoms with Gasteiger partial charge in [-0.1, -0.05) is 45.6 Å². The van der Waals surface area contributed by atoms with Crippen LogP contribution in [0.2, 0.25) is 0 Å². The molecule has 1 rings (SSSR count). The second kappa shape index (κ2) is 9.09. The zero-order valence-corrected chi connectivity index (χ0v) is 12.2. The van der Waals surface area contributed by atoms with Crippen LogP contribution >= 0.6 is 0 Å². The molecule has 2 nitrogen and oxygen atoms in total. The number of likely N-dealkylation sites (N-methyl/N-ethyl adjacent to an activating group) is 1. The van der Waals surface area contributed by atoms with Gasteiger partial charge in [-0.2, -0.15) is 0 Å². The fourth-order valence-electron chi connectivity index (χ4n) is 2.35. The monoisotopic (exact) mass is 248 g/mol. The molecule has 1 aromatic rings. The molecule has 0 radical (unpaired) electrons. The average Bonchev–Trinajstić information content (AvgIpc) is 2.37. The van der Waals surface area contributed by atoms with Crippen molar-refractivity contribution in [1.29, 1.82) is 0 Å². The van der Waals surface area contributed by atoms with Crippen molar-refractivity contribution in [3.8, 4) is 0 Å². The van der Waals surface area contributed by atoms with Crippen LogP contribution < -0.4 is 5.32 Å². The molecule has 0 amide bonds. The second-order valence-corrected chi connectivity index (χ2v) is 5.08. The summed E-state index contributed by atoms with van der Waals surface area (Å²) < 4.78 is 0. The van der Waals surface area contributed by atoms with Crippen molar-refractivity contribution in [1.82, 2.24) is 10.3 Å². The molecule has 0 bridgehead atoms. The highest BCUT2D eigenvalue weighted by Crippen LogP contribution is 2.12. The Morgan fingerprint density at radius 1 is 1.22 bits per heavy atom. The summed E-state index contributed by atoms with van der Waals surface area (Å²) >= 11 is 0. The van der Waals surface area contributed by atoms with E-state index >= 15 is 0 Å². The fourth-order valence-corrected chi connectivity index (χ4v) is 2.35. The van der Waals surface area contributed by atoms with E-state index in [9.17, 15) is 0 Å². The van der Waals surface area contributed by atoms with E-state index in [1.54, 1.807) is 0 Å². The Morgan fingerprint density at radius 2 is 2.06 bits per heavy atom. The van der Waals surface area contributed by atoms with E-state index in [0.29, 0.717) is 6.04 Å². The first-order chi connectivity index (χ1) is 8.77. The number of nitrogens with one attached hydrogen (secondary N) is 1. The quantitative estimate of drug-likeness (QED) is 0.671. The summed E-state index contributed by atoms with van der Waals surface area (Å²) in [6.07, 6.45) is 9.60. The Labute approximate surface area is 112 Å². The fraction of sp³-hybridized carbons (Fsp3) is 0.688. The number of hydrogen-bond donors (Lipinski definition) is 1. The van der Waals surface area contributed by atoms with Crippen LogP contribution in [0.4, 0.5) is 0 Å². The number of nitrogens with zero attached hydrogens (tertiary/aromatic N) is 1. The van der Waals surface area contributed by atoms with Gasteiger partial charge in [0.25, 0.3) is 0 Å². The third-order valence-electron chi connectivity index (χ3n) is 3.46. The van der Waals surface area contributed by atoms with E-state index < -0.39 is 0 Å². The van der Waals surface area contributed by atoms with E-state index in [1.165, 1.54) is 43.4 Å². The van der Waals surface area contributed by atoms with Gasteiger partial charge in [0, 0.05) is 24.4 Å². The number of hydrogen-bond acceptors (Lipinski definition) is 2. The normalized spacial score (nSPS) is 12.6. The molecule has 0 aromatic carbocycles. The smallest absolute Gasteiger partial charge is 0.0448 e. The maximum atomic E-state index is 4.50. The topological polar surface area (TPSA) is 24.9 Å². The second-order valence-electron chi connectivity index (χ2n) is 5.08. The maximum Gasteiger partial charge on any atom is 0.0448 e. The van der Waals surface area contributed by atoms with Crippen LogP contribution in [0.15, 0.2) is 18.3 Å². The summed E-state index contributed by atoms with van der Waals surface area (Å²) in [4.78, 5) is 4.50. The molecule has 1 heterocycles. The molecule has 18 heavy (non-hydrogen) atoms. The van der Waals surface area contributed by atoms with Crippen LogP contribution in [0.1, 0.15) is 57.2 Å². The van der Waals surface area contributed by atoms with Gasteiger partial charge < -0.3 is 5.32 Å². The number of aromatic nitrogens is 1. The van der Waals surface area contributed by atoms with Crippen molar-refractivity contribution < 1.29 is 0 Å². The Kier molecular flexibility index (Phi) is 7.66. The van der Waals surface area contributed by atoms with Gasteiger partial charge in [0.15, 0.2) is 0 Å². The summed E-state index contributed by atoms with van der Waals surface area (Å²) in [6.45, 7) is 7.65. The zero-order chi connectivity index (χ0) is 13.2. The van der Waals surface area contributed by atoms with Gasteiger partial charge in [-0.05, 0) is 31.5 Å². The molecule has 0 saturated carbocycles. The Morgan fingerprint density at radius 3 is 2.72 bits per heavy atom. The summed E-state index contributed by atoms with van der Waals surface area (Å²) in [6, 6.07) is 4.76. The van der Waals surface area contributed by atoms with Crippen LogP contribution in [0.3, 0.4) is 0 Å². The standard InChI is InChI=1S/C16H28N2/c1-4-6-7-8-11-15(17-5-2)13-16-14(3)10-9-12-18-16/h9-10,12,15,17H,4-8,11,13H2,1-3H3. The lowest BCUT2D eigenvalue weighted by Gasteiger charge is -2.18. The van der Waals surface area contributed by atoms with Crippen molar-refractivity contribution in [2.24, 2.45) is 0 Å². The summed E-state index contributed by atoms with van der Waals surface area (Å²) in [7, 11) is 0. The summed E-state index contributed by atoms with van der Waals surface area (Å²) in [5, 5.41) is 3.60. The molecule has 1 atom stereocenters. The molecule has 0 aliphatic carbocycles. The van der Waals surface area contributed by atoms with Crippen LogP contribution in [-0.4, -0.2) is 17.6 Å². The van der Waals surface area contributed by atoms with Gasteiger partial charge in [-0.3, -0.25) is 4.98 Å². The van der Waals surface area contributed by atoms with Crippen molar-refractivity contribution in [3.63, 3.8) is 0 Å². The Balaban J connectivity index is 2.44. The number of rotatable bonds is 9. The minimum absolute atomic E-state index is 0.584.